The highest BCUT2D eigenvalue weighted by Crippen LogP contribution is 2.23. The molecule has 2 aromatic heterocycles. The summed E-state index contributed by atoms with van der Waals surface area (Å²) in [4.78, 5) is 7.16. The fraction of sp³-hybridized carbons (Fsp3) is 0.562. The smallest absolute Gasteiger partial charge is 0.115 e. The third-order valence-corrected chi connectivity index (χ3v) is 4.41. The molecule has 0 saturated carbocycles. The summed E-state index contributed by atoms with van der Waals surface area (Å²) in [6.45, 7) is 6.98. The van der Waals surface area contributed by atoms with E-state index in [-0.39, 0.29) is 0 Å². The molecule has 2 N–H and O–H groups in total. The molecule has 1 atom stereocenters. The molecule has 0 bridgehead atoms. The van der Waals surface area contributed by atoms with Crippen LogP contribution in [-0.2, 0) is 6.42 Å². The molecule has 2 aromatic rings. The zero-order valence-corrected chi connectivity index (χ0v) is 12.4. The number of imidazole rings is 1. The molecule has 4 nitrogen and oxygen atoms in total. The maximum absolute atomic E-state index is 6.09. The Morgan fingerprint density at radius 2 is 2.25 bits per heavy atom. The van der Waals surface area contributed by atoms with Gasteiger partial charge in [0.05, 0.1) is 11.7 Å². The molecule has 108 valence electrons. The fourth-order valence-electron chi connectivity index (χ4n) is 3.28. The molecule has 3 rings (SSSR count). The molecule has 0 aliphatic carbocycles. The molecule has 1 aliphatic rings. The van der Waals surface area contributed by atoms with Gasteiger partial charge in [-0.2, -0.15) is 0 Å². The van der Waals surface area contributed by atoms with Gasteiger partial charge in [-0.25, -0.2) is 4.98 Å². The lowest BCUT2D eigenvalue weighted by molar-refractivity contribution is 0.138. The highest BCUT2D eigenvalue weighted by molar-refractivity contribution is 5.53. The van der Waals surface area contributed by atoms with Crippen molar-refractivity contribution < 1.29 is 0 Å². The van der Waals surface area contributed by atoms with Crippen LogP contribution in [0.4, 0.5) is 5.82 Å². The summed E-state index contributed by atoms with van der Waals surface area (Å²) in [7, 11) is 0. The van der Waals surface area contributed by atoms with Crippen LogP contribution in [0, 0.1) is 5.92 Å². The van der Waals surface area contributed by atoms with Gasteiger partial charge in [-0.15, -0.1) is 0 Å². The van der Waals surface area contributed by atoms with Crippen LogP contribution in [0.3, 0.4) is 0 Å². The summed E-state index contributed by atoms with van der Waals surface area (Å²) in [5.41, 5.74) is 7.19. The van der Waals surface area contributed by atoms with E-state index < -0.39 is 0 Å². The summed E-state index contributed by atoms with van der Waals surface area (Å²) in [6.07, 6.45) is 5.53. The van der Waals surface area contributed by atoms with Crippen LogP contribution in [0.1, 0.15) is 32.5 Å². The third-order valence-electron chi connectivity index (χ3n) is 4.41. The molecule has 20 heavy (non-hydrogen) atoms. The molecule has 1 fully saturated rings. The maximum Gasteiger partial charge on any atom is 0.115 e. The number of piperidine rings is 1. The number of nitrogens with zero attached hydrogens (tertiary/aromatic N) is 3. The predicted octanol–water partition coefficient (Wildman–Crippen LogP) is 2.58. The van der Waals surface area contributed by atoms with Gasteiger partial charge in [0.2, 0.25) is 0 Å². The van der Waals surface area contributed by atoms with Crippen molar-refractivity contribution in [2.45, 2.75) is 39.2 Å². The van der Waals surface area contributed by atoms with Crippen LogP contribution in [0.25, 0.3) is 5.52 Å². The quantitative estimate of drug-likeness (QED) is 0.934. The van der Waals surface area contributed by atoms with Crippen LogP contribution < -0.4 is 5.73 Å². The molecule has 1 aliphatic heterocycles. The van der Waals surface area contributed by atoms with Gasteiger partial charge in [-0.1, -0.05) is 6.07 Å². The van der Waals surface area contributed by atoms with E-state index in [1.54, 1.807) is 0 Å². The van der Waals surface area contributed by atoms with Crippen molar-refractivity contribution in [3.63, 3.8) is 0 Å². The molecule has 1 unspecified atom stereocenters. The van der Waals surface area contributed by atoms with Gasteiger partial charge in [-0.3, -0.25) is 4.40 Å². The number of nitrogen functional groups attached to an aromatic ring is 1. The Morgan fingerprint density at radius 3 is 3.05 bits per heavy atom. The van der Waals surface area contributed by atoms with Gasteiger partial charge in [0, 0.05) is 19.0 Å². The van der Waals surface area contributed by atoms with E-state index in [1.807, 2.05) is 18.3 Å². The number of nitrogens with two attached hydrogens (primary N) is 1. The lowest BCUT2D eigenvalue weighted by atomic mass is 9.93. The van der Waals surface area contributed by atoms with Crippen molar-refractivity contribution in [3.05, 3.63) is 30.2 Å². The SMILES string of the molecule is CC(C)N1CCCC(Cc2ncc3cccc(N)n23)C1. The maximum atomic E-state index is 6.09. The Balaban J connectivity index is 1.79. The van der Waals surface area contributed by atoms with Crippen molar-refractivity contribution in [1.29, 1.82) is 0 Å². The van der Waals surface area contributed by atoms with E-state index in [9.17, 15) is 0 Å². The van der Waals surface area contributed by atoms with Crippen molar-refractivity contribution in [3.8, 4) is 0 Å². The monoisotopic (exact) mass is 272 g/mol. The first-order valence-electron chi connectivity index (χ1n) is 7.60. The van der Waals surface area contributed by atoms with E-state index in [0.717, 1.165) is 23.6 Å². The lowest BCUT2D eigenvalue weighted by Gasteiger charge is -2.35. The van der Waals surface area contributed by atoms with Crippen molar-refractivity contribution >= 4 is 11.3 Å². The average molecular weight is 272 g/mol. The molecule has 0 aromatic carbocycles. The molecule has 3 heterocycles. The number of pyridine rings is 1. The Labute approximate surface area is 120 Å². The molecule has 4 heteroatoms. The van der Waals surface area contributed by atoms with Gasteiger partial charge in [0.15, 0.2) is 0 Å². The summed E-state index contributed by atoms with van der Waals surface area (Å²) in [5, 5.41) is 0. The summed E-state index contributed by atoms with van der Waals surface area (Å²) in [5.74, 6) is 2.58. The van der Waals surface area contributed by atoms with Crippen LogP contribution in [-0.4, -0.2) is 33.4 Å². The molecule has 0 amide bonds. The molecule has 1 saturated heterocycles. The van der Waals surface area contributed by atoms with Gasteiger partial charge >= 0.3 is 0 Å². The normalized spacial score (nSPS) is 20.9. The van der Waals surface area contributed by atoms with Crippen molar-refractivity contribution in [1.82, 2.24) is 14.3 Å². The summed E-state index contributed by atoms with van der Waals surface area (Å²) < 4.78 is 2.09. The highest BCUT2D eigenvalue weighted by Gasteiger charge is 2.23. The molecule has 0 radical (unpaired) electrons. The first-order chi connectivity index (χ1) is 9.65. The van der Waals surface area contributed by atoms with Gasteiger partial charge in [0.1, 0.15) is 11.6 Å². The zero-order chi connectivity index (χ0) is 14.1. The van der Waals surface area contributed by atoms with Gasteiger partial charge in [-0.05, 0) is 51.3 Å². The van der Waals surface area contributed by atoms with Gasteiger partial charge in [0.25, 0.3) is 0 Å². The Kier molecular flexibility index (Phi) is 3.66. The number of aromatic nitrogens is 2. The van der Waals surface area contributed by atoms with Crippen LogP contribution in [0.2, 0.25) is 0 Å². The summed E-state index contributed by atoms with van der Waals surface area (Å²) >= 11 is 0. The third kappa shape index (κ3) is 2.52. The number of rotatable bonds is 3. The van der Waals surface area contributed by atoms with Gasteiger partial charge < -0.3 is 10.6 Å². The standard InChI is InChI=1S/C16H24N4/c1-12(2)19-8-4-5-13(11-19)9-16-18-10-14-6-3-7-15(17)20(14)16/h3,6-7,10,12-13H,4-5,8-9,11,17H2,1-2H3. The summed E-state index contributed by atoms with van der Waals surface area (Å²) in [6, 6.07) is 6.63. The average Bonchev–Trinajstić information content (AvgIpc) is 2.84. The fourth-order valence-corrected chi connectivity index (χ4v) is 3.28. The van der Waals surface area contributed by atoms with E-state index in [1.165, 1.54) is 25.9 Å². The van der Waals surface area contributed by atoms with Crippen molar-refractivity contribution in [2.75, 3.05) is 18.8 Å². The minimum absolute atomic E-state index is 0.639. The number of fused-ring (bicyclic) bond motifs is 1. The Bertz CT molecular complexity index is 587. The Morgan fingerprint density at radius 1 is 1.40 bits per heavy atom. The second kappa shape index (κ2) is 5.44. The molecule has 0 spiro atoms. The van der Waals surface area contributed by atoms with Crippen LogP contribution in [0.5, 0.6) is 0 Å². The second-order valence-corrected chi connectivity index (χ2v) is 6.19. The van der Waals surface area contributed by atoms with Crippen LogP contribution >= 0.6 is 0 Å². The molecular weight excluding hydrogens is 248 g/mol. The first kappa shape index (κ1) is 13.4. The van der Waals surface area contributed by atoms with E-state index in [4.69, 9.17) is 5.73 Å². The molecular formula is C16H24N4. The Hall–Kier alpha value is -1.55. The van der Waals surface area contributed by atoms with E-state index >= 15 is 0 Å². The zero-order valence-electron chi connectivity index (χ0n) is 12.4. The lowest BCUT2D eigenvalue weighted by Crippen LogP contribution is -2.40. The highest BCUT2D eigenvalue weighted by atomic mass is 15.2. The predicted molar refractivity (Wildman–Crippen MR) is 82.7 cm³/mol. The van der Waals surface area contributed by atoms with Crippen LogP contribution in [0.15, 0.2) is 24.4 Å². The number of anilines is 1. The van der Waals surface area contributed by atoms with E-state index in [2.05, 4.69) is 34.2 Å². The topological polar surface area (TPSA) is 46.6 Å². The largest absolute Gasteiger partial charge is 0.385 e. The van der Waals surface area contributed by atoms with Crippen molar-refractivity contribution in [2.24, 2.45) is 5.92 Å². The minimum atomic E-state index is 0.639. The first-order valence-corrected chi connectivity index (χ1v) is 7.60. The number of hydrogen-bond donors (Lipinski definition) is 1. The minimum Gasteiger partial charge on any atom is -0.385 e. The second-order valence-electron chi connectivity index (χ2n) is 6.19. The number of likely N-dealkylation sites (tertiary alicyclic amines) is 1. The number of hydrogen-bond acceptors (Lipinski definition) is 3. The van der Waals surface area contributed by atoms with E-state index in [0.29, 0.717) is 12.0 Å².